The van der Waals surface area contributed by atoms with E-state index in [1.54, 1.807) is 30.3 Å². The third-order valence-electron chi connectivity index (χ3n) is 5.29. The number of benzene rings is 4. The Bertz CT molecular complexity index is 1320. The van der Waals surface area contributed by atoms with E-state index in [0.717, 1.165) is 21.9 Å². The molecule has 5 nitrogen and oxygen atoms in total. The average molecular weight is 422 g/mol. The number of hydrogen-bond acceptors (Lipinski definition) is 3. The van der Waals surface area contributed by atoms with Crippen LogP contribution in [0.1, 0.15) is 38.8 Å². The van der Waals surface area contributed by atoms with Crippen molar-refractivity contribution in [1.82, 2.24) is 5.43 Å². The molecule has 0 saturated heterocycles. The van der Waals surface area contributed by atoms with E-state index in [2.05, 4.69) is 21.9 Å². The highest BCUT2D eigenvalue weighted by Crippen LogP contribution is 2.16. The molecule has 0 atom stereocenters. The summed E-state index contributed by atoms with van der Waals surface area (Å²) in [7, 11) is 0. The monoisotopic (exact) mass is 421 g/mol. The third kappa shape index (κ3) is 4.73. The summed E-state index contributed by atoms with van der Waals surface area (Å²) >= 11 is 0. The predicted octanol–water partition coefficient (Wildman–Crippen LogP) is 5.55. The van der Waals surface area contributed by atoms with Crippen LogP contribution in [0.15, 0.2) is 96.1 Å². The van der Waals surface area contributed by atoms with Crippen LogP contribution in [0, 0.1) is 6.92 Å². The molecule has 0 aliphatic rings. The molecule has 0 aromatic heterocycles. The maximum absolute atomic E-state index is 12.5. The fourth-order valence-corrected chi connectivity index (χ4v) is 3.41. The van der Waals surface area contributed by atoms with Gasteiger partial charge in [-0.3, -0.25) is 9.59 Å². The number of hydrogen-bond donors (Lipinski definition) is 2. The molecule has 0 bridgehead atoms. The minimum absolute atomic E-state index is 0.184. The minimum Gasteiger partial charge on any atom is -0.322 e. The summed E-state index contributed by atoms with van der Waals surface area (Å²) in [6.45, 7) is 3.75. The maximum atomic E-state index is 12.5. The van der Waals surface area contributed by atoms with Gasteiger partial charge in [0.15, 0.2) is 0 Å². The van der Waals surface area contributed by atoms with Gasteiger partial charge in [0.25, 0.3) is 11.8 Å². The molecule has 4 aromatic rings. The van der Waals surface area contributed by atoms with Crippen molar-refractivity contribution in [3.8, 4) is 0 Å². The van der Waals surface area contributed by atoms with Crippen molar-refractivity contribution in [3.63, 3.8) is 0 Å². The topological polar surface area (TPSA) is 70.6 Å². The first-order valence-electron chi connectivity index (χ1n) is 10.3. The lowest BCUT2D eigenvalue weighted by molar-refractivity contribution is 0.0954. The first kappa shape index (κ1) is 21.0. The van der Waals surface area contributed by atoms with E-state index >= 15 is 0 Å². The smallest absolute Gasteiger partial charge is 0.271 e. The molecule has 32 heavy (non-hydrogen) atoms. The first-order chi connectivity index (χ1) is 15.5. The van der Waals surface area contributed by atoms with E-state index < -0.39 is 0 Å². The Morgan fingerprint density at radius 3 is 2.12 bits per heavy atom. The summed E-state index contributed by atoms with van der Waals surface area (Å²) in [6, 6.07) is 28.3. The second-order valence-electron chi connectivity index (χ2n) is 7.55. The summed E-state index contributed by atoms with van der Waals surface area (Å²) in [5.41, 5.74) is 6.85. The maximum Gasteiger partial charge on any atom is 0.271 e. The molecular weight excluding hydrogens is 398 g/mol. The lowest BCUT2D eigenvalue weighted by Gasteiger charge is -2.08. The van der Waals surface area contributed by atoms with Gasteiger partial charge in [0.05, 0.1) is 5.71 Å². The average Bonchev–Trinajstić information content (AvgIpc) is 2.82. The Labute approximate surface area is 186 Å². The lowest BCUT2D eigenvalue weighted by atomic mass is 10.0. The second-order valence-corrected chi connectivity index (χ2v) is 7.55. The molecule has 2 N–H and O–H groups in total. The van der Waals surface area contributed by atoms with Gasteiger partial charge in [-0.2, -0.15) is 5.10 Å². The molecule has 0 heterocycles. The predicted molar refractivity (Wildman–Crippen MR) is 129 cm³/mol. The standard InChI is InChI=1S/C27H23N3O2/c1-18-7-3-6-10-25(18)27(32)28-24-15-13-21(14-16-24)26(31)30-29-19(2)22-12-11-20-8-4-5-9-23(20)17-22/h3-17H,1-2H3,(H,28,32)(H,30,31)/b29-19+. The van der Waals surface area contributed by atoms with Crippen molar-refractivity contribution in [2.24, 2.45) is 5.10 Å². The van der Waals surface area contributed by atoms with E-state index in [1.807, 2.05) is 68.4 Å². The van der Waals surface area contributed by atoms with Crippen LogP contribution in [0.4, 0.5) is 5.69 Å². The van der Waals surface area contributed by atoms with Gasteiger partial charge in [-0.1, -0.05) is 54.6 Å². The van der Waals surface area contributed by atoms with Crippen LogP contribution in [-0.4, -0.2) is 17.5 Å². The summed E-state index contributed by atoms with van der Waals surface area (Å²) in [5, 5.41) is 9.37. The van der Waals surface area contributed by atoms with Gasteiger partial charge in [-0.05, 0) is 72.1 Å². The van der Waals surface area contributed by atoms with Crippen molar-refractivity contribution in [2.45, 2.75) is 13.8 Å². The number of rotatable bonds is 5. The molecule has 4 rings (SSSR count). The van der Waals surface area contributed by atoms with Gasteiger partial charge in [0.2, 0.25) is 0 Å². The van der Waals surface area contributed by atoms with Crippen LogP contribution in [0.25, 0.3) is 10.8 Å². The quantitative estimate of drug-likeness (QED) is 0.327. The van der Waals surface area contributed by atoms with Crippen molar-refractivity contribution in [1.29, 1.82) is 0 Å². The largest absolute Gasteiger partial charge is 0.322 e. The molecule has 0 radical (unpaired) electrons. The van der Waals surface area contributed by atoms with Gasteiger partial charge in [0, 0.05) is 16.8 Å². The Kier molecular flexibility index (Phi) is 6.08. The zero-order valence-electron chi connectivity index (χ0n) is 17.9. The van der Waals surface area contributed by atoms with Crippen LogP contribution in [0.3, 0.4) is 0 Å². The Morgan fingerprint density at radius 2 is 1.38 bits per heavy atom. The molecule has 0 spiro atoms. The first-order valence-corrected chi connectivity index (χ1v) is 10.3. The highest BCUT2D eigenvalue weighted by molar-refractivity contribution is 6.06. The third-order valence-corrected chi connectivity index (χ3v) is 5.29. The van der Waals surface area contributed by atoms with E-state index in [1.165, 1.54) is 0 Å². The number of nitrogens with one attached hydrogen (secondary N) is 2. The zero-order valence-corrected chi connectivity index (χ0v) is 17.9. The van der Waals surface area contributed by atoms with Crippen molar-refractivity contribution < 1.29 is 9.59 Å². The summed E-state index contributed by atoms with van der Waals surface area (Å²) in [4.78, 5) is 24.9. The van der Waals surface area contributed by atoms with Gasteiger partial charge in [-0.25, -0.2) is 5.43 Å². The van der Waals surface area contributed by atoms with Gasteiger partial charge in [-0.15, -0.1) is 0 Å². The summed E-state index contributed by atoms with van der Waals surface area (Å²) in [5.74, 6) is -0.502. The fraction of sp³-hybridized carbons (Fsp3) is 0.0741. The van der Waals surface area contributed by atoms with Crippen LogP contribution < -0.4 is 10.7 Å². The number of anilines is 1. The second kappa shape index (κ2) is 9.27. The van der Waals surface area contributed by atoms with E-state index in [0.29, 0.717) is 22.5 Å². The van der Waals surface area contributed by atoms with Crippen molar-refractivity contribution >= 4 is 34.0 Å². The van der Waals surface area contributed by atoms with E-state index in [-0.39, 0.29) is 11.8 Å². The molecular formula is C27H23N3O2. The molecule has 0 fully saturated rings. The normalized spacial score (nSPS) is 11.2. The Morgan fingerprint density at radius 1 is 0.719 bits per heavy atom. The molecule has 4 aromatic carbocycles. The van der Waals surface area contributed by atoms with Gasteiger partial charge in [0.1, 0.15) is 0 Å². The van der Waals surface area contributed by atoms with Crippen molar-refractivity contribution in [3.05, 3.63) is 113 Å². The number of carbonyl (C=O) groups excluding carboxylic acids is 2. The van der Waals surface area contributed by atoms with Crippen LogP contribution in [0.2, 0.25) is 0 Å². The molecule has 0 unspecified atom stereocenters. The highest BCUT2D eigenvalue weighted by atomic mass is 16.2. The molecule has 0 aliphatic carbocycles. The van der Waals surface area contributed by atoms with Crippen LogP contribution >= 0.6 is 0 Å². The SMILES string of the molecule is C/C(=N\NC(=O)c1ccc(NC(=O)c2ccccc2C)cc1)c1ccc2ccccc2c1. The fourth-order valence-electron chi connectivity index (χ4n) is 3.41. The number of amides is 2. The zero-order chi connectivity index (χ0) is 22.5. The van der Waals surface area contributed by atoms with E-state index in [4.69, 9.17) is 0 Å². The number of nitrogens with zero attached hydrogens (tertiary/aromatic N) is 1. The molecule has 0 saturated carbocycles. The van der Waals surface area contributed by atoms with Gasteiger partial charge < -0.3 is 5.32 Å². The molecule has 158 valence electrons. The van der Waals surface area contributed by atoms with Crippen LogP contribution in [-0.2, 0) is 0 Å². The summed E-state index contributed by atoms with van der Waals surface area (Å²) < 4.78 is 0. The lowest BCUT2D eigenvalue weighted by Crippen LogP contribution is -2.19. The molecule has 2 amide bonds. The van der Waals surface area contributed by atoms with Gasteiger partial charge >= 0.3 is 0 Å². The van der Waals surface area contributed by atoms with E-state index in [9.17, 15) is 9.59 Å². The van der Waals surface area contributed by atoms with Crippen LogP contribution in [0.5, 0.6) is 0 Å². The number of carbonyl (C=O) groups is 2. The Hall–Kier alpha value is -4.25. The number of aryl methyl sites for hydroxylation is 1. The number of fused-ring (bicyclic) bond motifs is 1. The minimum atomic E-state index is -0.318. The highest BCUT2D eigenvalue weighted by Gasteiger charge is 2.10. The molecule has 0 aliphatic heterocycles. The number of hydrazone groups is 1. The summed E-state index contributed by atoms with van der Waals surface area (Å²) in [6.07, 6.45) is 0. The Balaban J connectivity index is 1.41. The van der Waals surface area contributed by atoms with Crippen molar-refractivity contribution in [2.75, 3.05) is 5.32 Å². The molecule has 5 heteroatoms.